The maximum absolute atomic E-state index is 13.1. The molecule has 9 heteroatoms. The Morgan fingerprint density at radius 3 is 2.59 bits per heavy atom. The third kappa shape index (κ3) is 4.68. The number of likely N-dealkylation sites (tertiary alicyclic amines) is 1. The topological polar surface area (TPSA) is 98.6 Å². The van der Waals surface area contributed by atoms with Crippen LogP contribution >= 0.6 is 0 Å². The Kier molecular flexibility index (Phi) is 6.86. The first-order chi connectivity index (χ1) is 15.5. The smallest absolute Gasteiger partial charge is 0.289 e. The van der Waals surface area contributed by atoms with Crippen molar-refractivity contribution in [3.8, 4) is 0 Å². The average Bonchev–Trinajstić information content (AvgIpc) is 3.37. The number of methoxy groups -OCH3 is 2. The summed E-state index contributed by atoms with van der Waals surface area (Å²) < 4.78 is 12.1. The SMILES string of the molecule is COCCNC(=O)c1nnc2n1CCC1(CC2)CCN(C(=O)c2ccc(COC)cc2)C1. The largest absolute Gasteiger partial charge is 0.383 e. The van der Waals surface area contributed by atoms with Crippen LogP contribution in [0.15, 0.2) is 24.3 Å². The second kappa shape index (κ2) is 9.79. The average molecular weight is 442 g/mol. The Balaban J connectivity index is 1.39. The van der Waals surface area contributed by atoms with Gasteiger partial charge in [0.15, 0.2) is 0 Å². The van der Waals surface area contributed by atoms with Gasteiger partial charge in [-0.1, -0.05) is 12.1 Å². The minimum atomic E-state index is -0.225. The molecule has 0 saturated carbocycles. The van der Waals surface area contributed by atoms with Gasteiger partial charge in [-0.15, -0.1) is 10.2 Å². The van der Waals surface area contributed by atoms with E-state index in [4.69, 9.17) is 9.47 Å². The lowest BCUT2D eigenvalue weighted by Gasteiger charge is -2.27. The van der Waals surface area contributed by atoms with Crippen LogP contribution < -0.4 is 5.32 Å². The molecule has 1 saturated heterocycles. The van der Waals surface area contributed by atoms with Crippen LogP contribution in [0.1, 0.15) is 51.6 Å². The van der Waals surface area contributed by atoms with E-state index in [9.17, 15) is 9.59 Å². The fraction of sp³-hybridized carbons (Fsp3) is 0.565. The minimum absolute atomic E-state index is 0.0517. The van der Waals surface area contributed by atoms with Crippen LogP contribution in [-0.2, 0) is 29.0 Å². The fourth-order valence-corrected chi connectivity index (χ4v) is 4.73. The quantitative estimate of drug-likeness (QED) is 0.657. The van der Waals surface area contributed by atoms with Gasteiger partial charge < -0.3 is 24.3 Å². The lowest BCUT2D eigenvalue weighted by atomic mass is 9.80. The summed E-state index contributed by atoms with van der Waals surface area (Å²) in [4.78, 5) is 27.5. The molecule has 1 aromatic heterocycles. The van der Waals surface area contributed by atoms with Gasteiger partial charge in [-0.05, 0) is 42.4 Å². The number of carbonyl (C=O) groups excluding carboxylic acids is 2. The number of rotatable bonds is 7. The van der Waals surface area contributed by atoms with E-state index in [1.54, 1.807) is 14.2 Å². The fourth-order valence-electron chi connectivity index (χ4n) is 4.73. The number of hydrogen-bond donors (Lipinski definition) is 1. The molecular formula is C23H31N5O4. The highest BCUT2D eigenvalue weighted by atomic mass is 16.5. The van der Waals surface area contributed by atoms with Crippen molar-refractivity contribution in [3.63, 3.8) is 0 Å². The Labute approximate surface area is 188 Å². The summed E-state index contributed by atoms with van der Waals surface area (Å²) in [6.07, 6.45) is 3.56. The van der Waals surface area contributed by atoms with Gasteiger partial charge in [-0.2, -0.15) is 0 Å². The van der Waals surface area contributed by atoms with Crippen molar-refractivity contribution in [2.45, 2.75) is 38.8 Å². The molecule has 9 nitrogen and oxygen atoms in total. The zero-order chi connectivity index (χ0) is 22.6. The van der Waals surface area contributed by atoms with Crippen molar-refractivity contribution >= 4 is 11.8 Å². The molecule has 2 aromatic rings. The highest BCUT2D eigenvalue weighted by Crippen LogP contribution is 2.41. The van der Waals surface area contributed by atoms with Gasteiger partial charge in [0.1, 0.15) is 5.82 Å². The van der Waals surface area contributed by atoms with E-state index in [2.05, 4.69) is 15.5 Å². The molecule has 1 atom stereocenters. The van der Waals surface area contributed by atoms with Crippen molar-refractivity contribution in [2.24, 2.45) is 5.41 Å². The molecule has 1 unspecified atom stereocenters. The monoisotopic (exact) mass is 441 g/mol. The highest BCUT2D eigenvalue weighted by Gasteiger charge is 2.41. The normalized spacial score (nSPS) is 20.2. The predicted molar refractivity (Wildman–Crippen MR) is 117 cm³/mol. The highest BCUT2D eigenvalue weighted by molar-refractivity contribution is 5.94. The molecule has 0 aliphatic carbocycles. The number of benzene rings is 1. The van der Waals surface area contributed by atoms with Gasteiger partial charge in [0.25, 0.3) is 11.8 Å². The Morgan fingerprint density at radius 1 is 1.06 bits per heavy atom. The second-order valence-corrected chi connectivity index (χ2v) is 8.70. The summed E-state index contributed by atoms with van der Waals surface area (Å²) >= 11 is 0. The van der Waals surface area contributed by atoms with Crippen molar-refractivity contribution in [1.82, 2.24) is 25.0 Å². The van der Waals surface area contributed by atoms with Gasteiger partial charge >= 0.3 is 0 Å². The maximum atomic E-state index is 13.1. The van der Waals surface area contributed by atoms with Gasteiger partial charge in [-0.25, -0.2) is 0 Å². The number of nitrogens with one attached hydrogen (secondary N) is 1. The molecule has 1 aromatic carbocycles. The molecule has 2 amide bonds. The van der Waals surface area contributed by atoms with Crippen LogP contribution in [0.25, 0.3) is 0 Å². The van der Waals surface area contributed by atoms with Crippen molar-refractivity contribution in [3.05, 3.63) is 47.0 Å². The van der Waals surface area contributed by atoms with E-state index in [1.807, 2.05) is 33.7 Å². The summed E-state index contributed by atoms with van der Waals surface area (Å²) in [7, 11) is 3.26. The zero-order valence-electron chi connectivity index (χ0n) is 18.8. The van der Waals surface area contributed by atoms with E-state index in [-0.39, 0.29) is 17.2 Å². The van der Waals surface area contributed by atoms with Crippen LogP contribution in [0.5, 0.6) is 0 Å². The van der Waals surface area contributed by atoms with Crippen LogP contribution in [-0.4, -0.2) is 71.9 Å². The molecule has 1 fully saturated rings. The number of nitrogens with zero attached hydrogens (tertiary/aromatic N) is 4. The zero-order valence-corrected chi connectivity index (χ0v) is 18.8. The number of hydrogen-bond acceptors (Lipinski definition) is 6. The van der Waals surface area contributed by atoms with Gasteiger partial charge in [0.05, 0.1) is 13.2 Å². The van der Waals surface area contributed by atoms with Crippen molar-refractivity contribution < 1.29 is 19.1 Å². The summed E-state index contributed by atoms with van der Waals surface area (Å²) in [5, 5.41) is 11.2. The molecule has 2 aliphatic rings. The first-order valence-electron chi connectivity index (χ1n) is 11.1. The first kappa shape index (κ1) is 22.4. The molecule has 1 N–H and O–H groups in total. The van der Waals surface area contributed by atoms with Crippen LogP contribution in [0, 0.1) is 5.41 Å². The van der Waals surface area contributed by atoms with Gasteiger partial charge in [0.2, 0.25) is 5.82 Å². The summed E-state index contributed by atoms with van der Waals surface area (Å²) in [5.41, 5.74) is 1.81. The number of ether oxygens (including phenoxy) is 2. The number of amides is 2. The summed E-state index contributed by atoms with van der Waals surface area (Å²) in [5.74, 6) is 1.05. The van der Waals surface area contributed by atoms with E-state index < -0.39 is 0 Å². The Bertz CT molecular complexity index is 958. The van der Waals surface area contributed by atoms with Crippen molar-refractivity contribution in [2.75, 3.05) is 40.5 Å². The van der Waals surface area contributed by atoms with E-state index in [1.165, 1.54) is 0 Å². The third-order valence-electron chi connectivity index (χ3n) is 6.60. The minimum Gasteiger partial charge on any atom is -0.383 e. The van der Waals surface area contributed by atoms with Crippen LogP contribution in [0.2, 0.25) is 0 Å². The molecule has 1 spiro atoms. The number of aryl methyl sites for hydroxylation is 1. The Morgan fingerprint density at radius 2 is 1.84 bits per heavy atom. The lowest BCUT2D eigenvalue weighted by molar-refractivity contribution is 0.0767. The number of carbonyl (C=O) groups is 2. The van der Waals surface area contributed by atoms with E-state index in [0.29, 0.717) is 37.7 Å². The van der Waals surface area contributed by atoms with Crippen molar-refractivity contribution in [1.29, 1.82) is 0 Å². The van der Waals surface area contributed by atoms with Crippen LogP contribution in [0.3, 0.4) is 0 Å². The summed E-state index contributed by atoms with van der Waals surface area (Å²) in [6, 6.07) is 7.65. The molecule has 2 aliphatic heterocycles. The van der Waals surface area contributed by atoms with E-state index in [0.717, 1.165) is 50.2 Å². The molecule has 172 valence electrons. The van der Waals surface area contributed by atoms with Crippen LogP contribution in [0.4, 0.5) is 0 Å². The molecule has 3 heterocycles. The number of fused-ring (bicyclic) bond motifs is 1. The van der Waals surface area contributed by atoms with Gasteiger partial charge in [-0.3, -0.25) is 9.59 Å². The third-order valence-corrected chi connectivity index (χ3v) is 6.60. The molecule has 4 rings (SSSR count). The second-order valence-electron chi connectivity index (χ2n) is 8.70. The number of aromatic nitrogens is 3. The molecule has 0 radical (unpaired) electrons. The predicted octanol–water partition coefficient (Wildman–Crippen LogP) is 1.67. The Hall–Kier alpha value is -2.78. The maximum Gasteiger partial charge on any atom is 0.289 e. The van der Waals surface area contributed by atoms with Gasteiger partial charge in [0, 0.05) is 52.4 Å². The van der Waals surface area contributed by atoms with E-state index >= 15 is 0 Å². The molecule has 0 bridgehead atoms. The standard InChI is InChI=1S/C23H31N5O4/c1-31-14-11-24-21(29)20-26-25-19-7-8-23(10-13-28(19)20)9-12-27(16-23)22(30)18-5-3-17(4-6-18)15-32-2/h3-6H,7-16H2,1-2H3,(H,24,29). The first-order valence-corrected chi connectivity index (χ1v) is 11.1. The molecule has 32 heavy (non-hydrogen) atoms. The summed E-state index contributed by atoms with van der Waals surface area (Å²) in [6.45, 7) is 3.60. The molecular weight excluding hydrogens is 410 g/mol. The lowest BCUT2D eigenvalue weighted by Crippen LogP contribution is -2.33.